The normalized spacial score (nSPS) is 24.6. The lowest BCUT2D eigenvalue weighted by molar-refractivity contribution is 0.0669. The molecule has 1 aliphatic heterocycles. The highest BCUT2D eigenvalue weighted by molar-refractivity contribution is 5.92. The molecule has 0 bridgehead atoms. The van der Waals surface area contributed by atoms with Crippen LogP contribution in [0, 0.1) is 6.92 Å². The maximum Gasteiger partial charge on any atom is 0.271 e. The van der Waals surface area contributed by atoms with Crippen LogP contribution in [0.5, 0.6) is 0 Å². The first-order chi connectivity index (χ1) is 14.5. The van der Waals surface area contributed by atoms with Crippen LogP contribution in [0.15, 0.2) is 23.0 Å². The predicted molar refractivity (Wildman–Crippen MR) is 113 cm³/mol. The average molecular weight is 415 g/mol. The molecule has 1 saturated carbocycles. The summed E-state index contributed by atoms with van der Waals surface area (Å²) in [6.07, 6.45) is 5.96. The number of hydrogen-bond acceptors (Lipinski definition) is 6. The van der Waals surface area contributed by atoms with Gasteiger partial charge < -0.3 is 15.3 Å². The highest BCUT2D eigenvalue weighted by atomic mass is 16.3. The van der Waals surface area contributed by atoms with Crippen molar-refractivity contribution in [3.05, 3.63) is 39.9 Å². The Morgan fingerprint density at radius 1 is 1.23 bits per heavy atom. The van der Waals surface area contributed by atoms with E-state index in [1.54, 1.807) is 18.2 Å². The van der Waals surface area contributed by atoms with Crippen LogP contribution in [0.3, 0.4) is 0 Å². The monoisotopic (exact) mass is 414 g/mol. The Bertz CT molecular complexity index is 939. The van der Waals surface area contributed by atoms with E-state index in [9.17, 15) is 14.7 Å². The molecule has 1 amide bonds. The van der Waals surface area contributed by atoms with E-state index < -0.39 is 6.10 Å². The largest absolute Gasteiger partial charge is 0.391 e. The number of hydrogen-bond donors (Lipinski definition) is 3. The molecule has 3 atom stereocenters. The fraction of sp³-hybridized carbons (Fsp3) is 0.619. The highest BCUT2D eigenvalue weighted by Crippen LogP contribution is 2.28. The Balaban J connectivity index is 1.50. The molecule has 0 radical (unpaired) electrons. The number of carbonyl (C=O) groups is 1. The summed E-state index contributed by atoms with van der Waals surface area (Å²) in [4.78, 5) is 27.0. The van der Waals surface area contributed by atoms with Crippen molar-refractivity contribution in [1.29, 1.82) is 0 Å². The van der Waals surface area contributed by atoms with Crippen LogP contribution in [-0.2, 0) is 0 Å². The molecule has 2 aliphatic rings. The van der Waals surface area contributed by atoms with E-state index >= 15 is 0 Å². The van der Waals surface area contributed by atoms with Gasteiger partial charge in [-0.15, -0.1) is 0 Å². The van der Waals surface area contributed by atoms with Gasteiger partial charge in [-0.25, -0.2) is 4.68 Å². The Morgan fingerprint density at radius 2 is 2.03 bits per heavy atom. The minimum atomic E-state index is -0.534. The van der Waals surface area contributed by atoms with Crippen molar-refractivity contribution in [2.75, 3.05) is 18.0 Å². The predicted octanol–water partition coefficient (Wildman–Crippen LogP) is 1.54. The quantitative estimate of drug-likeness (QED) is 0.683. The summed E-state index contributed by atoms with van der Waals surface area (Å²) in [6, 6.07) is 4.85. The number of H-pyrrole nitrogens is 1. The fourth-order valence-corrected chi connectivity index (χ4v) is 4.53. The molecule has 2 fully saturated rings. The number of nitrogens with one attached hydrogen (secondary N) is 2. The molecule has 0 spiro atoms. The third kappa shape index (κ3) is 4.40. The summed E-state index contributed by atoms with van der Waals surface area (Å²) >= 11 is 0. The molecule has 2 aromatic heterocycles. The average Bonchev–Trinajstić information content (AvgIpc) is 3.20. The Hall–Kier alpha value is -2.68. The first-order valence-electron chi connectivity index (χ1n) is 10.9. The third-order valence-corrected chi connectivity index (χ3v) is 6.18. The lowest BCUT2D eigenvalue weighted by Gasteiger charge is -2.37. The van der Waals surface area contributed by atoms with Crippen molar-refractivity contribution in [2.24, 2.45) is 0 Å². The summed E-state index contributed by atoms with van der Waals surface area (Å²) < 4.78 is 1.47. The van der Waals surface area contributed by atoms with Crippen molar-refractivity contribution in [3.8, 4) is 0 Å². The second-order valence-electron chi connectivity index (χ2n) is 8.38. The number of piperidine rings is 1. The van der Waals surface area contributed by atoms with Gasteiger partial charge in [0.1, 0.15) is 11.5 Å². The van der Waals surface area contributed by atoms with Gasteiger partial charge in [-0.1, -0.05) is 12.8 Å². The molecule has 4 rings (SSSR count). The summed E-state index contributed by atoms with van der Waals surface area (Å²) in [6.45, 7) is 3.16. The molecule has 1 saturated heterocycles. The molecule has 0 aromatic carbocycles. The number of nitrogens with zero attached hydrogens (tertiary/aromatic N) is 4. The molecule has 3 heterocycles. The fourth-order valence-electron chi connectivity index (χ4n) is 4.53. The van der Waals surface area contributed by atoms with Crippen molar-refractivity contribution >= 4 is 11.7 Å². The van der Waals surface area contributed by atoms with E-state index in [4.69, 9.17) is 0 Å². The second kappa shape index (κ2) is 8.99. The highest BCUT2D eigenvalue weighted by Gasteiger charge is 2.29. The van der Waals surface area contributed by atoms with Crippen LogP contribution in [0.4, 0.5) is 5.82 Å². The topological polar surface area (TPSA) is 116 Å². The SMILES string of the molecule is Cc1cc(C(=O)NCC2CCCCN2c2ccc(=O)n(C3CCCCC3O)n2)n[nH]1. The van der Waals surface area contributed by atoms with Crippen molar-refractivity contribution in [2.45, 2.75) is 70.1 Å². The number of rotatable bonds is 5. The Labute approximate surface area is 175 Å². The maximum absolute atomic E-state index is 12.5. The van der Waals surface area contributed by atoms with E-state index in [0.717, 1.165) is 56.6 Å². The lowest BCUT2D eigenvalue weighted by Crippen LogP contribution is -2.48. The Morgan fingerprint density at radius 3 is 2.80 bits per heavy atom. The van der Waals surface area contributed by atoms with Gasteiger partial charge in [0.15, 0.2) is 0 Å². The standard InChI is InChI=1S/C21H30N6O3/c1-14-12-16(24-23-14)21(30)22-13-15-6-4-5-11-26(15)19-9-10-20(29)27(25-19)17-7-2-3-8-18(17)28/h9-10,12,15,17-18,28H,2-8,11,13H2,1H3,(H,22,30)(H,23,24). The van der Waals surface area contributed by atoms with Gasteiger partial charge in [-0.2, -0.15) is 10.2 Å². The number of aromatic amines is 1. The summed E-state index contributed by atoms with van der Waals surface area (Å²) in [5.41, 5.74) is 1.05. The first-order valence-corrected chi connectivity index (χ1v) is 10.9. The van der Waals surface area contributed by atoms with Crippen molar-refractivity contribution in [1.82, 2.24) is 25.3 Å². The van der Waals surface area contributed by atoms with Gasteiger partial charge in [0.2, 0.25) is 0 Å². The van der Waals surface area contributed by atoms with E-state index in [1.165, 1.54) is 4.68 Å². The summed E-state index contributed by atoms with van der Waals surface area (Å²) in [5, 5.41) is 24.8. The van der Waals surface area contributed by atoms with Crippen LogP contribution >= 0.6 is 0 Å². The van der Waals surface area contributed by atoms with E-state index in [0.29, 0.717) is 18.7 Å². The molecule has 1 aliphatic carbocycles. The van der Waals surface area contributed by atoms with Crippen LogP contribution in [0.2, 0.25) is 0 Å². The van der Waals surface area contributed by atoms with Crippen molar-refractivity contribution in [3.63, 3.8) is 0 Å². The summed E-state index contributed by atoms with van der Waals surface area (Å²) in [7, 11) is 0. The first kappa shape index (κ1) is 20.6. The van der Waals surface area contributed by atoms with Crippen LogP contribution < -0.4 is 15.8 Å². The Kier molecular flexibility index (Phi) is 6.17. The number of aliphatic hydroxyl groups is 1. The third-order valence-electron chi connectivity index (χ3n) is 6.18. The maximum atomic E-state index is 12.5. The number of aromatic nitrogens is 4. The minimum Gasteiger partial charge on any atom is -0.391 e. The molecule has 3 unspecified atom stereocenters. The van der Waals surface area contributed by atoms with Gasteiger partial charge in [0, 0.05) is 30.9 Å². The number of aliphatic hydroxyl groups excluding tert-OH is 1. The smallest absolute Gasteiger partial charge is 0.271 e. The molecule has 2 aromatic rings. The van der Waals surface area contributed by atoms with Crippen LogP contribution in [0.1, 0.15) is 67.2 Å². The van der Waals surface area contributed by atoms with Gasteiger partial charge in [-0.3, -0.25) is 14.7 Å². The van der Waals surface area contributed by atoms with Gasteiger partial charge in [-0.05, 0) is 51.2 Å². The number of amides is 1. The molecular weight excluding hydrogens is 384 g/mol. The van der Waals surface area contributed by atoms with Gasteiger partial charge >= 0.3 is 0 Å². The number of aryl methyl sites for hydroxylation is 1. The van der Waals surface area contributed by atoms with E-state index in [1.807, 2.05) is 6.92 Å². The lowest BCUT2D eigenvalue weighted by atomic mass is 9.93. The zero-order chi connectivity index (χ0) is 21.1. The van der Waals surface area contributed by atoms with Gasteiger partial charge in [0.05, 0.1) is 12.1 Å². The van der Waals surface area contributed by atoms with Gasteiger partial charge in [0.25, 0.3) is 11.5 Å². The molecule has 162 valence electrons. The minimum absolute atomic E-state index is 0.0949. The van der Waals surface area contributed by atoms with E-state index in [-0.39, 0.29) is 23.6 Å². The number of carbonyl (C=O) groups excluding carboxylic acids is 1. The van der Waals surface area contributed by atoms with E-state index in [2.05, 4.69) is 25.5 Å². The van der Waals surface area contributed by atoms with Crippen molar-refractivity contribution < 1.29 is 9.90 Å². The van der Waals surface area contributed by atoms with Crippen LogP contribution in [0.25, 0.3) is 0 Å². The molecule has 30 heavy (non-hydrogen) atoms. The molecule has 9 heteroatoms. The zero-order valence-corrected chi connectivity index (χ0v) is 17.4. The summed E-state index contributed by atoms with van der Waals surface area (Å²) in [5.74, 6) is 0.523. The number of anilines is 1. The second-order valence-corrected chi connectivity index (χ2v) is 8.38. The molecule has 9 nitrogen and oxygen atoms in total. The molecule has 3 N–H and O–H groups in total. The van der Waals surface area contributed by atoms with Crippen LogP contribution in [-0.4, -0.2) is 56.2 Å². The zero-order valence-electron chi connectivity index (χ0n) is 17.4. The molecular formula is C21H30N6O3.